The van der Waals surface area contributed by atoms with Crippen LogP contribution < -0.4 is 0 Å². The molecule has 0 saturated carbocycles. The molecule has 0 fully saturated rings. The minimum atomic E-state index is -0.243. The van der Waals surface area contributed by atoms with Crippen molar-refractivity contribution in [3.63, 3.8) is 0 Å². The highest BCUT2D eigenvalue weighted by molar-refractivity contribution is 5.82. The molecule has 1 aromatic heterocycles. The number of rotatable bonds is 5. The Hall–Kier alpha value is -3.00. The fourth-order valence-electron chi connectivity index (χ4n) is 3.38. The lowest BCUT2D eigenvalue weighted by atomic mass is 9.99. The van der Waals surface area contributed by atoms with Gasteiger partial charge in [0.05, 0.1) is 11.2 Å². The van der Waals surface area contributed by atoms with Crippen molar-refractivity contribution in [1.29, 1.82) is 0 Å². The number of halogens is 1. The molecule has 4 aromatic rings. The van der Waals surface area contributed by atoms with Gasteiger partial charge in [-0.2, -0.15) is 0 Å². The number of unbranched alkanes of at least 4 members (excludes halogenated alkanes) is 1. The number of nitrogens with zero attached hydrogens (tertiary/aromatic N) is 1. The van der Waals surface area contributed by atoms with Gasteiger partial charge in [-0.25, -0.2) is 9.37 Å². The minimum absolute atomic E-state index is 0.243. The van der Waals surface area contributed by atoms with Crippen LogP contribution in [0.4, 0.5) is 4.39 Å². The Morgan fingerprint density at radius 3 is 2.37 bits per heavy atom. The van der Waals surface area contributed by atoms with Crippen LogP contribution in [0.1, 0.15) is 25.3 Å². The SMILES string of the molecule is CCCCc1ccc(-c2cc(F)cc(-c3ccc4ccccc4n3)c2)cc1. The molecule has 0 N–H and O–H groups in total. The third kappa shape index (κ3) is 3.90. The summed E-state index contributed by atoms with van der Waals surface area (Å²) in [4.78, 5) is 4.70. The van der Waals surface area contributed by atoms with Crippen molar-refractivity contribution >= 4 is 10.9 Å². The van der Waals surface area contributed by atoms with E-state index in [2.05, 4.69) is 31.2 Å². The zero-order chi connectivity index (χ0) is 18.6. The van der Waals surface area contributed by atoms with E-state index in [1.807, 2.05) is 42.5 Å². The molecule has 27 heavy (non-hydrogen) atoms. The number of fused-ring (bicyclic) bond motifs is 1. The van der Waals surface area contributed by atoms with Crippen molar-refractivity contribution in [2.24, 2.45) is 0 Å². The fourth-order valence-corrected chi connectivity index (χ4v) is 3.38. The summed E-state index contributed by atoms with van der Waals surface area (Å²) in [7, 11) is 0. The molecule has 1 heterocycles. The first-order valence-corrected chi connectivity index (χ1v) is 9.49. The lowest BCUT2D eigenvalue weighted by Gasteiger charge is -2.08. The summed E-state index contributed by atoms with van der Waals surface area (Å²) in [6.07, 6.45) is 3.47. The monoisotopic (exact) mass is 355 g/mol. The van der Waals surface area contributed by atoms with E-state index < -0.39 is 0 Å². The molecular formula is C25H22FN. The number of hydrogen-bond donors (Lipinski definition) is 0. The molecule has 0 amide bonds. The average Bonchev–Trinajstić information content (AvgIpc) is 2.72. The van der Waals surface area contributed by atoms with E-state index >= 15 is 0 Å². The van der Waals surface area contributed by atoms with E-state index in [-0.39, 0.29) is 5.82 Å². The van der Waals surface area contributed by atoms with E-state index in [9.17, 15) is 4.39 Å². The molecule has 0 unspecified atom stereocenters. The van der Waals surface area contributed by atoms with Gasteiger partial charge >= 0.3 is 0 Å². The lowest BCUT2D eigenvalue weighted by Crippen LogP contribution is -1.89. The zero-order valence-electron chi connectivity index (χ0n) is 15.5. The van der Waals surface area contributed by atoms with Crippen LogP contribution in [0.15, 0.2) is 78.9 Å². The van der Waals surface area contributed by atoms with Crippen molar-refractivity contribution in [1.82, 2.24) is 4.98 Å². The van der Waals surface area contributed by atoms with Crippen LogP contribution in [-0.2, 0) is 6.42 Å². The predicted molar refractivity (Wildman–Crippen MR) is 111 cm³/mol. The summed E-state index contributed by atoms with van der Waals surface area (Å²) in [6, 6.07) is 25.6. The van der Waals surface area contributed by atoms with Crippen molar-refractivity contribution in [2.75, 3.05) is 0 Å². The molecule has 0 aliphatic carbocycles. The summed E-state index contributed by atoms with van der Waals surface area (Å²) < 4.78 is 14.3. The van der Waals surface area contributed by atoms with Crippen LogP contribution in [0.25, 0.3) is 33.3 Å². The molecule has 0 aliphatic rings. The quantitative estimate of drug-likeness (QED) is 0.374. The van der Waals surface area contributed by atoms with Crippen LogP contribution in [0.2, 0.25) is 0 Å². The molecule has 134 valence electrons. The molecule has 0 atom stereocenters. The van der Waals surface area contributed by atoms with E-state index in [1.54, 1.807) is 12.1 Å². The fraction of sp³-hybridized carbons (Fsp3) is 0.160. The van der Waals surface area contributed by atoms with Gasteiger partial charge < -0.3 is 0 Å². The third-order valence-electron chi connectivity index (χ3n) is 4.90. The average molecular weight is 355 g/mol. The molecule has 0 bridgehead atoms. The Balaban J connectivity index is 1.70. The van der Waals surface area contributed by atoms with E-state index in [4.69, 9.17) is 4.98 Å². The van der Waals surface area contributed by atoms with E-state index in [0.29, 0.717) is 0 Å². The summed E-state index contributed by atoms with van der Waals surface area (Å²) in [5.41, 5.74) is 5.73. The van der Waals surface area contributed by atoms with Crippen LogP contribution in [-0.4, -0.2) is 4.98 Å². The Morgan fingerprint density at radius 1 is 0.778 bits per heavy atom. The van der Waals surface area contributed by atoms with Crippen molar-refractivity contribution < 1.29 is 4.39 Å². The zero-order valence-corrected chi connectivity index (χ0v) is 15.5. The molecule has 0 aliphatic heterocycles. The van der Waals surface area contributed by atoms with Crippen molar-refractivity contribution in [2.45, 2.75) is 26.2 Å². The normalized spacial score (nSPS) is 11.0. The second-order valence-electron chi connectivity index (χ2n) is 6.92. The molecule has 1 nitrogen and oxygen atoms in total. The van der Waals surface area contributed by atoms with Crippen molar-refractivity contribution in [3.8, 4) is 22.4 Å². The van der Waals surface area contributed by atoms with Gasteiger partial charge in [-0.15, -0.1) is 0 Å². The van der Waals surface area contributed by atoms with Crippen LogP contribution in [0.3, 0.4) is 0 Å². The van der Waals surface area contributed by atoms with Gasteiger partial charge in [0, 0.05) is 10.9 Å². The van der Waals surface area contributed by atoms with E-state index in [1.165, 1.54) is 18.4 Å². The summed E-state index contributed by atoms with van der Waals surface area (Å²) in [5, 5.41) is 1.08. The van der Waals surface area contributed by atoms with Gasteiger partial charge in [0.15, 0.2) is 0 Å². The first kappa shape index (κ1) is 17.4. The van der Waals surface area contributed by atoms with Gasteiger partial charge in [0.2, 0.25) is 0 Å². The Labute approximate surface area is 159 Å². The summed E-state index contributed by atoms with van der Waals surface area (Å²) in [5.74, 6) is -0.243. The second kappa shape index (κ2) is 7.71. The van der Waals surface area contributed by atoms with Gasteiger partial charge in [-0.1, -0.05) is 61.9 Å². The number of aromatic nitrogens is 1. The van der Waals surface area contributed by atoms with Gasteiger partial charge in [0.25, 0.3) is 0 Å². The highest BCUT2D eigenvalue weighted by atomic mass is 19.1. The Kier molecular flexibility index (Phi) is 4.97. The second-order valence-corrected chi connectivity index (χ2v) is 6.92. The molecular weight excluding hydrogens is 333 g/mol. The lowest BCUT2D eigenvalue weighted by molar-refractivity contribution is 0.629. The first-order valence-electron chi connectivity index (χ1n) is 9.49. The highest BCUT2D eigenvalue weighted by Gasteiger charge is 2.07. The Bertz CT molecular complexity index is 1070. The maximum Gasteiger partial charge on any atom is 0.124 e. The molecule has 0 saturated heterocycles. The number of hydrogen-bond acceptors (Lipinski definition) is 1. The summed E-state index contributed by atoms with van der Waals surface area (Å²) >= 11 is 0. The molecule has 3 aromatic carbocycles. The van der Waals surface area contributed by atoms with Gasteiger partial charge in [0.1, 0.15) is 5.82 Å². The highest BCUT2D eigenvalue weighted by Crippen LogP contribution is 2.28. The molecule has 0 spiro atoms. The largest absolute Gasteiger partial charge is 0.248 e. The van der Waals surface area contributed by atoms with Gasteiger partial charge in [-0.3, -0.25) is 0 Å². The Morgan fingerprint density at radius 2 is 1.56 bits per heavy atom. The van der Waals surface area contributed by atoms with Crippen LogP contribution >= 0.6 is 0 Å². The minimum Gasteiger partial charge on any atom is -0.248 e. The smallest absolute Gasteiger partial charge is 0.124 e. The predicted octanol–water partition coefficient (Wildman–Crippen LogP) is 7.05. The number of aryl methyl sites for hydroxylation is 1. The molecule has 0 radical (unpaired) electrons. The standard InChI is InChI=1S/C25H22FN/c1-2-3-6-18-9-11-19(12-10-18)21-15-22(17-23(26)16-21)25-14-13-20-7-4-5-8-24(20)27-25/h4-5,7-17H,2-3,6H2,1H3. The molecule has 4 rings (SSSR count). The van der Waals surface area contributed by atoms with Crippen molar-refractivity contribution in [3.05, 3.63) is 90.2 Å². The molecule has 2 heteroatoms. The third-order valence-corrected chi connectivity index (χ3v) is 4.90. The van der Waals surface area contributed by atoms with Crippen LogP contribution in [0, 0.1) is 5.82 Å². The maximum atomic E-state index is 14.3. The number of para-hydroxylation sites is 1. The number of pyridine rings is 1. The van der Waals surface area contributed by atoms with E-state index in [0.717, 1.165) is 39.7 Å². The summed E-state index contributed by atoms with van der Waals surface area (Å²) in [6.45, 7) is 2.20. The first-order chi connectivity index (χ1) is 13.2. The van der Waals surface area contributed by atoms with Crippen LogP contribution in [0.5, 0.6) is 0 Å². The number of benzene rings is 3. The topological polar surface area (TPSA) is 12.9 Å². The maximum absolute atomic E-state index is 14.3. The van der Waals surface area contributed by atoms with Gasteiger partial charge in [-0.05, 0) is 59.9 Å².